The summed E-state index contributed by atoms with van der Waals surface area (Å²) in [7, 11) is 3.91. The van der Waals surface area contributed by atoms with Gasteiger partial charge in [-0.1, -0.05) is 25.8 Å². The lowest BCUT2D eigenvalue weighted by molar-refractivity contribution is 0.0477. The van der Waals surface area contributed by atoms with E-state index in [2.05, 4.69) is 11.8 Å². The third-order valence-corrected chi connectivity index (χ3v) is 4.79. The number of rotatable bonds is 3. The molecule has 1 saturated carbocycles. The second kappa shape index (κ2) is 5.78. The molecular formula is C16H24F2N2. The van der Waals surface area contributed by atoms with Crippen LogP contribution in [-0.4, -0.2) is 24.5 Å². The Labute approximate surface area is 120 Å². The molecule has 3 unspecified atom stereocenters. The van der Waals surface area contributed by atoms with Crippen molar-refractivity contribution < 1.29 is 8.78 Å². The Balaban J connectivity index is 2.44. The van der Waals surface area contributed by atoms with Crippen LogP contribution in [0, 0.1) is 17.6 Å². The molecule has 112 valence electrons. The summed E-state index contributed by atoms with van der Waals surface area (Å²) in [5, 5.41) is 0. The highest BCUT2D eigenvalue weighted by Crippen LogP contribution is 2.43. The number of likely N-dealkylation sites (N-methyl/N-ethyl adjacent to an activating group) is 1. The number of halogens is 2. The highest BCUT2D eigenvalue weighted by atomic mass is 19.1. The highest BCUT2D eigenvalue weighted by Gasteiger charge is 2.44. The number of hydrogen-bond acceptors (Lipinski definition) is 2. The number of hydrogen-bond donors (Lipinski definition) is 1. The van der Waals surface area contributed by atoms with E-state index in [0.29, 0.717) is 5.92 Å². The van der Waals surface area contributed by atoms with Crippen molar-refractivity contribution in [1.29, 1.82) is 0 Å². The topological polar surface area (TPSA) is 29.3 Å². The van der Waals surface area contributed by atoms with Crippen LogP contribution in [0.4, 0.5) is 8.78 Å². The molecule has 0 aromatic heterocycles. The van der Waals surface area contributed by atoms with Crippen LogP contribution < -0.4 is 5.73 Å². The molecule has 2 rings (SSSR count). The summed E-state index contributed by atoms with van der Waals surface area (Å²) < 4.78 is 28.1. The minimum atomic E-state index is -0.651. The minimum Gasteiger partial charge on any atom is -0.322 e. The van der Waals surface area contributed by atoms with Gasteiger partial charge in [0.25, 0.3) is 0 Å². The van der Waals surface area contributed by atoms with Crippen LogP contribution in [0.25, 0.3) is 0 Å². The second-order valence-electron chi connectivity index (χ2n) is 6.31. The summed E-state index contributed by atoms with van der Waals surface area (Å²) in [6.07, 6.45) is 3.94. The Morgan fingerprint density at radius 3 is 2.40 bits per heavy atom. The monoisotopic (exact) mass is 282 g/mol. The molecule has 0 amide bonds. The zero-order valence-electron chi connectivity index (χ0n) is 12.5. The lowest BCUT2D eigenvalue weighted by Gasteiger charge is -2.49. The normalized spacial score (nSPS) is 28.6. The van der Waals surface area contributed by atoms with Crippen molar-refractivity contribution in [2.45, 2.75) is 44.2 Å². The zero-order valence-corrected chi connectivity index (χ0v) is 12.5. The van der Waals surface area contributed by atoms with Crippen LogP contribution >= 0.6 is 0 Å². The van der Waals surface area contributed by atoms with Gasteiger partial charge in [-0.15, -0.1) is 0 Å². The number of benzene rings is 1. The predicted molar refractivity (Wildman–Crippen MR) is 77.3 cm³/mol. The average molecular weight is 282 g/mol. The van der Waals surface area contributed by atoms with Gasteiger partial charge in [-0.05, 0) is 45.0 Å². The molecule has 1 aliphatic carbocycles. The molecule has 0 saturated heterocycles. The molecule has 0 heterocycles. The van der Waals surface area contributed by atoms with Crippen molar-refractivity contribution in [3.63, 3.8) is 0 Å². The van der Waals surface area contributed by atoms with Gasteiger partial charge < -0.3 is 10.6 Å². The SMILES string of the molecule is CC1CCCC(C(N)c2c(F)cccc2F)(N(C)C)C1. The van der Waals surface area contributed by atoms with E-state index >= 15 is 0 Å². The maximum atomic E-state index is 14.0. The second-order valence-corrected chi connectivity index (χ2v) is 6.31. The third kappa shape index (κ3) is 2.59. The first-order chi connectivity index (χ1) is 9.38. The molecule has 4 heteroatoms. The van der Waals surface area contributed by atoms with E-state index in [0.717, 1.165) is 25.7 Å². The van der Waals surface area contributed by atoms with E-state index in [1.54, 1.807) is 0 Å². The van der Waals surface area contributed by atoms with Gasteiger partial charge in [0, 0.05) is 11.1 Å². The predicted octanol–water partition coefficient (Wildman–Crippen LogP) is 3.48. The molecule has 0 aliphatic heterocycles. The Hall–Kier alpha value is -1.00. The zero-order chi connectivity index (χ0) is 14.9. The van der Waals surface area contributed by atoms with Gasteiger partial charge in [-0.2, -0.15) is 0 Å². The van der Waals surface area contributed by atoms with E-state index in [1.165, 1.54) is 18.2 Å². The van der Waals surface area contributed by atoms with E-state index in [4.69, 9.17) is 5.73 Å². The van der Waals surface area contributed by atoms with Crippen LogP contribution in [0.2, 0.25) is 0 Å². The first kappa shape index (κ1) is 15.4. The van der Waals surface area contributed by atoms with E-state index < -0.39 is 17.7 Å². The summed E-state index contributed by atoms with van der Waals surface area (Å²) in [4.78, 5) is 2.05. The first-order valence-electron chi connectivity index (χ1n) is 7.25. The van der Waals surface area contributed by atoms with Crippen molar-refractivity contribution in [2.75, 3.05) is 14.1 Å². The maximum Gasteiger partial charge on any atom is 0.130 e. The standard InChI is InChI=1S/C16H24F2N2/c1-11-6-5-9-16(10-11,20(2)3)15(19)14-12(17)7-4-8-13(14)18/h4,7-8,11,15H,5-6,9-10,19H2,1-3H3. The Kier molecular flexibility index (Phi) is 4.45. The van der Waals surface area contributed by atoms with Crippen LogP contribution in [-0.2, 0) is 0 Å². The summed E-state index contributed by atoms with van der Waals surface area (Å²) in [6.45, 7) is 2.18. The fraction of sp³-hybridized carbons (Fsp3) is 0.625. The minimum absolute atomic E-state index is 0.0234. The molecule has 20 heavy (non-hydrogen) atoms. The van der Waals surface area contributed by atoms with Gasteiger partial charge in [0.1, 0.15) is 11.6 Å². The van der Waals surface area contributed by atoms with Gasteiger partial charge in [0.2, 0.25) is 0 Å². The van der Waals surface area contributed by atoms with Crippen molar-refractivity contribution >= 4 is 0 Å². The van der Waals surface area contributed by atoms with E-state index in [-0.39, 0.29) is 11.1 Å². The largest absolute Gasteiger partial charge is 0.322 e. The van der Waals surface area contributed by atoms with E-state index in [9.17, 15) is 8.78 Å². The third-order valence-electron chi connectivity index (χ3n) is 4.79. The Bertz CT molecular complexity index is 455. The summed E-state index contributed by atoms with van der Waals surface area (Å²) in [5.74, 6) is -0.569. The van der Waals surface area contributed by atoms with Gasteiger partial charge in [-0.25, -0.2) is 8.78 Å². The fourth-order valence-corrected chi connectivity index (χ4v) is 3.61. The summed E-state index contributed by atoms with van der Waals surface area (Å²) >= 11 is 0. The smallest absolute Gasteiger partial charge is 0.130 e. The lowest BCUT2D eigenvalue weighted by Crippen LogP contribution is -2.55. The van der Waals surface area contributed by atoms with Crippen molar-refractivity contribution in [1.82, 2.24) is 4.90 Å². The fourth-order valence-electron chi connectivity index (χ4n) is 3.61. The van der Waals surface area contributed by atoms with Crippen LogP contribution in [0.5, 0.6) is 0 Å². The molecule has 0 radical (unpaired) electrons. The first-order valence-corrected chi connectivity index (χ1v) is 7.25. The van der Waals surface area contributed by atoms with Crippen LogP contribution in [0.15, 0.2) is 18.2 Å². The Morgan fingerprint density at radius 1 is 1.30 bits per heavy atom. The Morgan fingerprint density at radius 2 is 1.90 bits per heavy atom. The average Bonchev–Trinajstić information content (AvgIpc) is 2.37. The van der Waals surface area contributed by atoms with Gasteiger partial charge in [0.05, 0.1) is 6.04 Å². The van der Waals surface area contributed by atoms with Crippen molar-refractivity contribution in [3.05, 3.63) is 35.4 Å². The van der Waals surface area contributed by atoms with Gasteiger partial charge >= 0.3 is 0 Å². The molecule has 2 N–H and O–H groups in total. The van der Waals surface area contributed by atoms with Crippen LogP contribution in [0.1, 0.15) is 44.2 Å². The molecule has 0 spiro atoms. The summed E-state index contributed by atoms with van der Waals surface area (Å²) in [5.41, 5.74) is 6.00. The molecule has 1 aromatic rings. The summed E-state index contributed by atoms with van der Waals surface area (Å²) in [6, 6.07) is 3.30. The number of nitrogens with two attached hydrogens (primary N) is 1. The highest BCUT2D eigenvalue weighted by molar-refractivity contribution is 5.27. The molecule has 3 atom stereocenters. The molecule has 1 aliphatic rings. The molecule has 1 fully saturated rings. The van der Waals surface area contributed by atoms with E-state index in [1.807, 2.05) is 14.1 Å². The van der Waals surface area contributed by atoms with Gasteiger partial charge in [-0.3, -0.25) is 0 Å². The lowest BCUT2D eigenvalue weighted by atomic mass is 9.69. The molecular weight excluding hydrogens is 258 g/mol. The van der Waals surface area contributed by atoms with Crippen molar-refractivity contribution in [3.8, 4) is 0 Å². The maximum absolute atomic E-state index is 14.0. The van der Waals surface area contributed by atoms with Gasteiger partial charge in [0.15, 0.2) is 0 Å². The number of nitrogens with zero attached hydrogens (tertiary/aromatic N) is 1. The van der Waals surface area contributed by atoms with Crippen LogP contribution in [0.3, 0.4) is 0 Å². The molecule has 2 nitrogen and oxygen atoms in total. The van der Waals surface area contributed by atoms with Crippen molar-refractivity contribution in [2.24, 2.45) is 11.7 Å². The molecule has 1 aromatic carbocycles. The molecule has 0 bridgehead atoms. The quantitative estimate of drug-likeness (QED) is 0.919.